The van der Waals surface area contributed by atoms with Gasteiger partial charge in [0, 0.05) is 28.9 Å². The molecule has 1 aromatic heterocycles. The fourth-order valence-electron chi connectivity index (χ4n) is 4.05. The highest BCUT2D eigenvalue weighted by Crippen LogP contribution is 2.38. The Morgan fingerprint density at radius 2 is 2.15 bits per heavy atom. The van der Waals surface area contributed by atoms with Gasteiger partial charge in [-0.25, -0.2) is 0 Å². The van der Waals surface area contributed by atoms with Crippen molar-refractivity contribution in [3.05, 3.63) is 21.4 Å². The van der Waals surface area contributed by atoms with Gasteiger partial charge in [0.1, 0.15) is 0 Å². The highest BCUT2D eigenvalue weighted by atomic mass is 32.1. The van der Waals surface area contributed by atoms with Gasteiger partial charge in [-0.15, -0.1) is 11.3 Å². The third kappa shape index (κ3) is 3.10. The van der Waals surface area contributed by atoms with Gasteiger partial charge < -0.3 is 5.32 Å². The standard InChI is InChI=1S/C17H28N2S/c1-3-18-11-16-10-15(13(2)20-16)12-19-9-5-7-14-6-4-8-17(14)19/h10,14,17-18H,3-9,11-12H2,1-2H3. The molecular weight excluding hydrogens is 264 g/mol. The second kappa shape index (κ2) is 6.59. The maximum Gasteiger partial charge on any atom is 0.0299 e. The van der Waals surface area contributed by atoms with Gasteiger partial charge in [-0.1, -0.05) is 13.3 Å². The van der Waals surface area contributed by atoms with Crippen LogP contribution in [0.4, 0.5) is 0 Å². The maximum atomic E-state index is 3.44. The van der Waals surface area contributed by atoms with Crippen LogP contribution >= 0.6 is 11.3 Å². The van der Waals surface area contributed by atoms with Crippen molar-refractivity contribution < 1.29 is 0 Å². The molecule has 2 aliphatic rings. The van der Waals surface area contributed by atoms with Crippen molar-refractivity contribution >= 4 is 11.3 Å². The van der Waals surface area contributed by atoms with E-state index in [1.165, 1.54) is 54.9 Å². The number of aryl methyl sites for hydroxylation is 1. The highest BCUT2D eigenvalue weighted by molar-refractivity contribution is 7.12. The van der Waals surface area contributed by atoms with Crippen molar-refractivity contribution in [1.29, 1.82) is 0 Å². The first-order valence-electron chi connectivity index (χ1n) is 8.31. The molecule has 3 rings (SSSR count). The summed E-state index contributed by atoms with van der Waals surface area (Å²) in [4.78, 5) is 5.81. The molecule has 1 saturated carbocycles. The van der Waals surface area contributed by atoms with Gasteiger partial charge in [0.2, 0.25) is 0 Å². The molecule has 0 aromatic carbocycles. The average molecular weight is 292 g/mol. The van der Waals surface area contributed by atoms with Gasteiger partial charge in [0.05, 0.1) is 0 Å². The van der Waals surface area contributed by atoms with Crippen LogP contribution < -0.4 is 5.32 Å². The molecule has 0 bridgehead atoms. The summed E-state index contributed by atoms with van der Waals surface area (Å²) in [6.45, 7) is 9.08. The number of nitrogens with one attached hydrogen (secondary N) is 1. The van der Waals surface area contributed by atoms with E-state index in [-0.39, 0.29) is 0 Å². The molecule has 1 N–H and O–H groups in total. The SMILES string of the molecule is CCNCc1cc(CN2CCCC3CCCC32)c(C)s1. The Labute approximate surface area is 127 Å². The molecule has 1 aliphatic heterocycles. The topological polar surface area (TPSA) is 15.3 Å². The molecule has 2 fully saturated rings. The number of thiophene rings is 1. The van der Waals surface area contributed by atoms with Crippen molar-refractivity contribution in [3.8, 4) is 0 Å². The molecule has 2 unspecified atom stereocenters. The predicted octanol–water partition coefficient (Wildman–Crippen LogP) is 3.93. The van der Waals surface area contributed by atoms with Crippen LogP contribution in [0.5, 0.6) is 0 Å². The molecule has 0 spiro atoms. The monoisotopic (exact) mass is 292 g/mol. The summed E-state index contributed by atoms with van der Waals surface area (Å²) in [6.07, 6.45) is 7.28. The van der Waals surface area contributed by atoms with Crippen molar-refractivity contribution in [2.24, 2.45) is 5.92 Å². The molecule has 2 atom stereocenters. The summed E-state index contributed by atoms with van der Waals surface area (Å²) < 4.78 is 0. The van der Waals surface area contributed by atoms with Gasteiger partial charge in [-0.3, -0.25) is 4.90 Å². The molecule has 112 valence electrons. The quantitative estimate of drug-likeness (QED) is 0.884. The van der Waals surface area contributed by atoms with E-state index < -0.39 is 0 Å². The Hall–Kier alpha value is -0.380. The maximum absolute atomic E-state index is 3.44. The number of fused-ring (bicyclic) bond motifs is 1. The van der Waals surface area contributed by atoms with Crippen LogP contribution in [0.25, 0.3) is 0 Å². The Morgan fingerprint density at radius 1 is 1.30 bits per heavy atom. The van der Waals surface area contributed by atoms with E-state index >= 15 is 0 Å². The van der Waals surface area contributed by atoms with E-state index in [0.29, 0.717) is 0 Å². The number of piperidine rings is 1. The van der Waals surface area contributed by atoms with Crippen LogP contribution in [0.1, 0.15) is 54.3 Å². The summed E-state index contributed by atoms with van der Waals surface area (Å²) >= 11 is 1.98. The summed E-state index contributed by atoms with van der Waals surface area (Å²) in [5.41, 5.74) is 1.58. The third-order valence-corrected chi connectivity index (χ3v) is 6.20. The number of likely N-dealkylation sites (tertiary alicyclic amines) is 1. The number of rotatable bonds is 5. The minimum absolute atomic E-state index is 0.889. The summed E-state index contributed by atoms with van der Waals surface area (Å²) in [7, 11) is 0. The summed E-state index contributed by atoms with van der Waals surface area (Å²) in [6, 6.07) is 3.33. The third-order valence-electron chi connectivity index (χ3n) is 5.10. The largest absolute Gasteiger partial charge is 0.312 e. The lowest BCUT2D eigenvalue weighted by molar-refractivity contribution is 0.106. The lowest BCUT2D eigenvalue weighted by Gasteiger charge is -2.37. The van der Waals surface area contributed by atoms with Crippen molar-refractivity contribution in [2.45, 2.75) is 65.1 Å². The van der Waals surface area contributed by atoms with Crippen LogP contribution in [0.15, 0.2) is 6.07 Å². The smallest absolute Gasteiger partial charge is 0.0299 e. The van der Waals surface area contributed by atoms with Crippen LogP contribution in [-0.2, 0) is 13.1 Å². The van der Waals surface area contributed by atoms with Gasteiger partial charge in [-0.05, 0) is 63.2 Å². The zero-order valence-corrected chi connectivity index (χ0v) is 13.8. The second-order valence-corrected chi connectivity index (χ2v) is 7.79. The molecule has 2 heterocycles. The van der Waals surface area contributed by atoms with E-state index in [1.807, 2.05) is 11.3 Å². The Bertz CT molecular complexity index is 440. The lowest BCUT2D eigenvalue weighted by Crippen LogP contribution is -2.41. The Kier molecular flexibility index (Phi) is 4.79. The predicted molar refractivity (Wildman–Crippen MR) is 87.2 cm³/mol. The number of nitrogens with zero attached hydrogens (tertiary/aromatic N) is 1. The first-order chi connectivity index (χ1) is 9.78. The van der Waals surface area contributed by atoms with Gasteiger partial charge in [0.25, 0.3) is 0 Å². The minimum Gasteiger partial charge on any atom is -0.312 e. The molecule has 1 saturated heterocycles. The molecule has 0 amide bonds. The zero-order chi connectivity index (χ0) is 13.9. The highest BCUT2D eigenvalue weighted by Gasteiger charge is 2.34. The fourth-order valence-corrected chi connectivity index (χ4v) is 5.08. The fraction of sp³-hybridized carbons (Fsp3) is 0.765. The van der Waals surface area contributed by atoms with E-state index in [9.17, 15) is 0 Å². The van der Waals surface area contributed by atoms with E-state index in [1.54, 1.807) is 5.56 Å². The first-order valence-corrected chi connectivity index (χ1v) is 9.12. The normalized spacial score (nSPS) is 26.9. The summed E-state index contributed by atoms with van der Waals surface area (Å²) in [5.74, 6) is 1.00. The van der Waals surface area contributed by atoms with Gasteiger partial charge >= 0.3 is 0 Å². The van der Waals surface area contributed by atoms with Gasteiger partial charge in [-0.2, -0.15) is 0 Å². The van der Waals surface area contributed by atoms with Crippen molar-refractivity contribution in [3.63, 3.8) is 0 Å². The van der Waals surface area contributed by atoms with E-state index in [2.05, 4.69) is 30.1 Å². The Morgan fingerprint density at radius 3 is 3.00 bits per heavy atom. The molecule has 0 radical (unpaired) electrons. The van der Waals surface area contributed by atoms with Crippen LogP contribution in [0.2, 0.25) is 0 Å². The lowest BCUT2D eigenvalue weighted by atomic mass is 9.91. The Balaban J connectivity index is 1.66. The number of hydrogen-bond acceptors (Lipinski definition) is 3. The second-order valence-electron chi connectivity index (χ2n) is 6.45. The van der Waals surface area contributed by atoms with Crippen LogP contribution in [0, 0.1) is 12.8 Å². The van der Waals surface area contributed by atoms with Crippen molar-refractivity contribution in [1.82, 2.24) is 10.2 Å². The van der Waals surface area contributed by atoms with E-state index in [4.69, 9.17) is 0 Å². The van der Waals surface area contributed by atoms with Gasteiger partial charge in [0.15, 0.2) is 0 Å². The first kappa shape index (κ1) is 14.6. The molecular formula is C17H28N2S. The molecule has 2 nitrogen and oxygen atoms in total. The van der Waals surface area contributed by atoms with Crippen molar-refractivity contribution in [2.75, 3.05) is 13.1 Å². The zero-order valence-electron chi connectivity index (χ0n) is 13.0. The molecule has 20 heavy (non-hydrogen) atoms. The van der Waals surface area contributed by atoms with Crippen LogP contribution in [0.3, 0.4) is 0 Å². The average Bonchev–Trinajstić information content (AvgIpc) is 3.04. The molecule has 3 heteroatoms. The summed E-state index contributed by atoms with van der Waals surface area (Å²) in [5, 5.41) is 3.44. The molecule has 1 aromatic rings. The van der Waals surface area contributed by atoms with Crippen LogP contribution in [-0.4, -0.2) is 24.0 Å². The minimum atomic E-state index is 0.889. The van der Waals surface area contributed by atoms with E-state index in [0.717, 1.165) is 25.0 Å². The molecule has 1 aliphatic carbocycles. The number of hydrogen-bond donors (Lipinski definition) is 1.